The summed E-state index contributed by atoms with van der Waals surface area (Å²) in [5, 5.41) is -6.78. The van der Waals surface area contributed by atoms with Crippen LogP contribution in [0.3, 0.4) is 0 Å². The van der Waals surface area contributed by atoms with E-state index in [9.17, 15) is 47.9 Å². The summed E-state index contributed by atoms with van der Waals surface area (Å²) in [6.45, 7) is 0.961. The van der Waals surface area contributed by atoms with Gasteiger partial charge in [-0.3, -0.25) is 4.18 Å². The average Bonchev–Trinajstić information content (AvgIpc) is 2.51. The number of rotatable bonds is 13. The standard InChI is InChI=1S/C14H21F9O3S/c1-2-3-4-5-6-7-8-9-10-26-27(24,25)14(22,23)12(17,18)11(15,16)13(19,20)21/h2-10H2,1H3. The van der Waals surface area contributed by atoms with Crippen molar-refractivity contribution in [3.63, 3.8) is 0 Å². The first kappa shape index (κ1) is 26.3. The van der Waals surface area contributed by atoms with Crippen molar-refractivity contribution in [2.24, 2.45) is 0 Å². The molecule has 0 aliphatic heterocycles. The molecule has 164 valence electrons. The Morgan fingerprint density at radius 2 is 1.07 bits per heavy atom. The van der Waals surface area contributed by atoms with Gasteiger partial charge in [0, 0.05) is 0 Å². The Bertz CT molecular complexity index is 545. The molecule has 27 heavy (non-hydrogen) atoms. The summed E-state index contributed by atoms with van der Waals surface area (Å²) >= 11 is 0. The molecule has 13 heteroatoms. The number of hydrogen-bond donors (Lipinski definition) is 0. The second-order valence-corrected chi connectivity index (χ2v) is 7.57. The van der Waals surface area contributed by atoms with Gasteiger partial charge < -0.3 is 0 Å². The fourth-order valence-electron chi connectivity index (χ4n) is 2.00. The van der Waals surface area contributed by atoms with Crippen molar-refractivity contribution in [3.05, 3.63) is 0 Å². The minimum absolute atomic E-state index is 0.176. The maximum absolute atomic E-state index is 13.3. The van der Waals surface area contributed by atoms with E-state index in [1.54, 1.807) is 0 Å². The number of halogens is 9. The van der Waals surface area contributed by atoms with Crippen molar-refractivity contribution in [2.45, 2.75) is 81.6 Å². The van der Waals surface area contributed by atoms with Gasteiger partial charge in [-0.25, -0.2) is 0 Å². The highest BCUT2D eigenvalue weighted by Crippen LogP contribution is 2.54. The second kappa shape index (κ2) is 9.66. The molecule has 0 atom stereocenters. The Morgan fingerprint density at radius 1 is 0.667 bits per heavy atom. The van der Waals surface area contributed by atoms with Crippen LogP contribution in [-0.4, -0.2) is 38.3 Å². The molecule has 0 aromatic heterocycles. The van der Waals surface area contributed by atoms with Crippen molar-refractivity contribution in [1.29, 1.82) is 0 Å². The maximum atomic E-state index is 13.3. The van der Waals surface area contributed by atoms with E-state index in [2.05, 4.69) is 4.18 Å². The van der Waals surface area contributed by atoms with Crippen molar-refractivity contribution in [3.8, 4) is 0 Å². The van der Waals surface area contributed by atoms with Crippen LogP contribution in [0, 0.1) is 0 Å². The van der Waals surface area contributed by atoms with Gasteiger partial charge in [-0.2, -0.15) is 47.9 Å². The van der Waals surface area contributed by atoms with Crippen LogP contribution in [-0.2, 0) is 14.3 Å². The van der Waals surface area contributed by atoms with Gasteiger partial charge in [0.1, 0.15) is 0 Å². The van der Waals surface area contributed by atoms with E-state index in [0.717, 1.165) is 32.1 Å². The van der Waals surface area contributed by atoms with Gasteiger partial charge in [-0.15, -0.1) is 0 Å². The van der Waals surface area contributed by atoms with Crippen LogP contribution in [0.5, 0.6) is 0 Å². The number of alkyl halides is 9. The molecule has 0 fully saturated rings. The van der Waals surface area contributed by atoms with Crippen LogP contribution >= 0.6 is 0 Å². The lowest BCUT2D eigenvalue weighted by molar-refractivity contribution is -0.382. The summed E-state index contributed by atoms with van der Waals surface area (Å²) in [5.74, 6) is -14.5. The monoisotopic (exact) mass is 440 g/mol. The lowest BCUT2D eigenvalue weighted by atomic mass is 10.1. The lowest BCUT2D eigenvalue weighted by Gasteiger charge is -2.32. The summed E-state index contributed by atoms with van der Waals surface area (Å²) < 4.78 is 140. The molecule has 0 radical (unpaired) electrons. The normalized spacial score (nSPS) is 14.6. The van der Waals surface area contributed by atoms with E-state index >= 15 is 0 Å². The van der Waals surface area contributed by atoms with E-state index in [1.165, 1.54) is 0 Å². The summed E-state index contributed by atoms with van der Waals surface area (Å²) in [5.41, 5.74) is 0. The van der Waals surface area contributed by atoms with Gasteiger partial charge in [-0.05, 0) is 6.42 Å². The van der Waals surface area contributed by atoms with E-state index in [-0.39, 0.29) is 12.8 Å². The van der Waals surface area contributed by atoms with Crippen molar-refractivity contribution >= 4 is 10.1 Å². The quantitative estimate of drug-likeness (QED) is 0.204. The van der Waals surface area contributed by atoms with Gasteiger partial charge in [0.2, 0.25) is 0 Å². The van der Waals surface area contributed by atoms with Crippen LogP contribution in [0.4, 0.5) is 39.5 Å². The molecule has 0 saturated carbocycles. The first-order valence-corrected chi connectivity index (χ1v) is 9.56. The zero-order valence-corrected chi connectivity index (χ0v) is 15.2. The summed E-state index contributed by atoms with van der Waals surface area (Å²) in [6, 6.07) is 0. The topological polar surface area (TPSA) is 43.4 Å². The maximum Gasteiger partial charge on any atom is 0.460 e. The molecule has 0 unspecified atom stereocenters. The third kappa shape index (κ3) is 6.13. The largest absolute Gasteiger partial charge is 0.460 e. The minimum Gasteiger partial charge on any atom is -0.265 e. The van der Waals surface area contributed by atoms with Crippen LogP contribution in [0.2, 0.25) is 0 Å². The average molecular weight is 440 g/mol. The van der Waals surface area contributed by atoms with Crippen LogP contribution in [0.25, 0.3) is 0 Å². The smallest absolute Gasteiger partial charge is 0.265 e. The van der Waals surface area contributed by atoms with Gasteiger partial charge in [0.15, 0.2) is 0 Å². The first-order valence-electron chi connectivity index (χ1n) is 8.15. The molecule has 0 amide bonds. The van der Waals surface area contributed by atoms with Gasteiger partial charge in [0.25, 0.3) is 0 Å². The molecule has 0 saturated heterocycles. The zero-order valence-electron chi connectivity index (χ0n) is 14.4. The van der Waals surface area contributed by atoms with Gasteiger partial charge in [0.05, 0.1) is 6.61 Å². The number of unbranched alkanes of at least 4 members (excludes halogenated alkanes) is 7. The fraction of sp³-hybridized carbons (Fsp3) is 1.00. The Morgan fingerprint density at radius 3 is 1.48 bits per heavy atom. The van der Waals surface area contributed by atoms with Gasteiger partial charge >= 0.3 is 33.4 Å². The molecular formula is C14H21F9O3S. The number of hydrogen-bond acceptors (Lipinski definition) is 3. The third-order valence-electron chi connectivity index (χ3n) is 3.67. The highest BCUT2D eigenvalue weighted by atomic mass is 32.2. The Hall–Kier alpha value is -0.720. The molecular weight excluding hydrogens is 419 g/mol. The van der Waals surface area contributed by atoms with E-state index in [0.29, 0.717) is 6.42 Å². The molecule has 0 aliphatic carbocycles. The molecule has 0 rings (SSSR count). The van der Waals surface area contributed by atoms with E-state index in [1.807, 2.05) is 6.92 Å². The minimum atomic E-state index is -7.28. The highest BCUT2D eigenvalue weighted by molar-refractivity contribution is 7.87. The Balaban J connectivity index is 4.76. The Kier molecular flexibility index (Phi) is 9.40. The summed E-state index contributed by atoms with van der Waals surface area (Å²) in [4.78, 5) is 0. The molecule has 0 aromatic carbocycles. The zero-order chi connectivity index (χ0) is 21.6. The molecule has 0 aliphatic rings. The third-order valence-corrected chi connectivity index (χ3v) is 5.03. The first-order chi connectivity index (χ1) is 12.1. The SMILES string of the molecule is CCCCCCCCCCOS(=O)(=O)C(F)(F)C(F)(F)C(F)(F)C(F)(F)F. The molecule has 0 bridgehead atoms. The highest BCUT2D eigenvalue weighted by Gasteiger charge is 2.85. The van der Waals surface area contributed by atoms with Crippen LogP contribution in [0.1, 0.15) is 58.3 Å². The molecule has 3 nitrogen and oxygen atoms in total. The lowest BCUT2D eigenvalue weighted by Crippen LogP contribution is -2.63. The predicted octanol–water partition coefficient (Wildman–Crippen LogP) is 5.90. The molecule has 0 aromatic rings. The summed E-state index contributed by atoms with van der Waals surface area (Å²) in [7, 11) is -6.73. The molecule has 0 spiro atoms. The molecule has 0 N–H and O–H groups in total. The Labute approximate surface area is 151 Å². The fourth-order valence-corrected chi connectivity index (χ4v) is 2.92. The predicted molar refractivity (Wildman–Crippen MR) is 78.4 cm³/mol. The van der Waals surface area contributed by atoms with Crippen molar-refractivity contribution in [1.82, 2.24) is 0 Å². The van der Waals surface area contributed by atoms with Crippen molar-refractivity contribution in [2.75, 3.05) is 6.61 Å². The molecule has 0 heterocycles. The summed E-state index contributed by atoms with van der Waals surface area (Å²) in [6.07, 6.45) is -1.80. The van der Waals surface area contributed by atoms with Crippen LogP contribution < -0.4 is 0 Å². The van der Waals surface area contributed by atoms with Crippen LogP contribution in [0.15, 0.2) is 0 Å². The van der Waals surface area contributed by atoms with E-state index in [4.69, 9.17) is 0 Å². The van der Waals surface area contributed by atoms with Gasteiger partial charge in [-0.1, -0.05) is 51.9 Å². The second-order valence-electron chi connectivity index (χ2n) is 5.91. The van der Waals surface area contributed by atoms with E-state index < -0.39 is 40.0 Å². The van der Waals surface area contributed by atoms with Crippen molar-refractivity contribution < 1.29 is 52.1 Å².